The Morgan fingerprint density at radius 3 is 1.87 bits per heavy atom. The van der Waals surface area contributed by atoms with Crippen LogP contribution in [0.25, 0.3) is 0 Å². The lowest BCUT2D eigenvalue weighted by atomic mass is 10.3. The summed E-state index contributed by atoms with van der Waals surface area (Å²) in [6.07, 6.45) is 2.15. The second kappa shape index (κ2) is 12.0. The van der Waals surface area contributed by atoms with E-state index in [4.69, 9.17) is 9.47 Å². The van der Waals surface area contributed by atoms with Gasteiger partial charge in [0.05, 0.1) is 13.2 Å². The van der Waals surface area contributed by atoms with Gasteiger partial charge in [0.25, 0.3) is 0 Å². The molecule has 0 aliphatic carbocycles. The first-order chi connectivity index (χ1) is 7.35. The Balaban J connectivity index is 3.53. The molecule has 0 atom stereocenters. The quantitative estimate of drug-likeness (QED) is 0.493. The summed E-state index contributed by atoms with van der Waals surface area (Å²) in [4.78, 5) is 2.39. The van der Waals surface area contributed by atoms with Gasteiger partial charge >= 0.3 is 0 Å². The maximum absolute atomic E-state index is 5.35. The predicted octanol–water partition coefficient (Wildman–Crippen LogP) is 1.98. The molecule has 91 valence electrons. The summed E-state index contributed by atoms with van der Waals surface area (Å²) in [6, 6.07) is 0. The van der Waals surface area contributed by atoms with Gasteiger partial charge in [0.1, 0.15) is 0 Å². The minimum Gasteiger partial charge on any atom is -0.380 e. The highest BCUT2D eigenvalue weighted by Gasteiger charge is 2.03. The minimum atomic E-state index is 0.800. The van der Waals surface area contributed by atoms with Gasteiger partial charge in [-0.15, -0.1) is 0 Å². The highest BCUT2D eigenvalue weighted by atomic mass is 16.5. The molecule has 3 nitrogen and oxygen atoms in total. The number of rotatable bonds is 11. The van der Waals surface area contributed by atoms with Crippen molar-refractivity contribution in [1.82, 2.24) is 4.90 Å². The zero-order valence-electron chi connectivity index (χ0n) is 10.3. The van der Waals surface area contributed by atoms with Crippen LogP contribution in [0.3, 0.4) is 0 Å². The normalized spacial score (nSPS) is 11.2. The van der Waals surface area contributed by atoms with Gasteiger partial charge in [-0.1, -0.05) is 13.3 Å². The van der Waals surface area contributed by atoms with Crippen molar-refractivity contribution in [3.8, 4) is 0 Å². The van der Waals surface area contributed by atoms with E-state index in [1.54, 1.807) is 0 Å². The van der Waals surface area contributed by atoms with Crippen molar-refractivity contribution in [2.24, 2.45) is 0 Å². The Hall–Kier alpha value is -0.120. The lowest BCUT2D eigenvalue weighted by Gasteiger charge is -2.21. The van der Waals surface area contributed by atoms with Crippen LogP contribution in [0.2, 0.25) is 0 Å². The van der Waals surface area contributed by atoms with Gasteiger partial charge in [-0.25, -0.2) is 0 Å². The molecule has 0 fully saturated rings. The van der Waals surface area contributed by atoms with Gasteiger partial charge in [0, 0.05) is 26.3 Å². The maximum Gasteiger partial charge on any atom is 0.0593 e. The molecule has 0 heterocycles. The number of nitrogens with zero attached hydrogens (tertiary/aromatic N) is 1. The smallest absolute Gasteiger partial charge is 0.0593 e. The first-order valence-corrected chi connectivity index (χ1v) is 6.02. The average Bonchev–Trinajstić information content (AvgIpc) is 2.25. The molecule has 0 unspecified atom stereocenters. The SMILES string of the molecule is [CH2]CCCN(CCOCC)CCOCC. The van der Waals surface area contributed by atoms with Crippen LogP contribution in [-0.4, -0.2) is 51.0 Å². The van der Waals surface area contributed by atoms with Crippen LogP contribution in [-0.2, 0) is 9.47 Å². The van der Waals surface area contributed by atoms with Gasteiger partial charge in [0.15, 0.2) is 0 Å². The molecular weight excluding hydrogens is 190 g/mol. The molecule has 0 aliphatic rings. The molecule has 0 rings (SSSR count). The van der Waals surface area contributed by atoms with E-state index in [0.717, 1.165) is 58.9 Å². The Labute approximate surface area is 94.7 Å². The monoisotopic (exact) mass is 216 g/mol. The number of hydrogen-bond acceptors (Lipinski definition) is 3. The van der Waals surface area contributed by atoms with Crippen molar-refractivity contribution in [2.45, 2.75) is 26.7 Å². The number of hydrogen-bond donors (Lipinski definition) is 0. The average molecular weight is 216 g/mol. The Morgan fingerprint density at radius 2 is 1.47 bits per heavy atom. The summed E-state index contributed by atoms with van der Waals surface area (Å²) >= 11 is 0. The van der Waals surface area contributed by atoms with Gasteiger partial charge < -0.3 is 9.47 Å². The van der Waals surface area contributed by atoms with E-state index in [0.29, 0.717) is 0 Å². The van der Waals surface area contributed by atoms with Crippen LogP contribution in [0.1, 0.15) is 26.7 Å². The molecule has 15 heavy (non-hydrogen) atoms. The van der Waals surface area contributed by atoms with E-state index >= 15 is 0 Å². The first kappa shape index (κ1) is 14.9. The summed E-state index contributed by atoms with van der Waals surface area (Å²) in [5.41, 5.74) is 0. The van der Waals surface area contributed by atoms with Crippen molar-refractivity contribution in [1.29, 1.82) is 0 Å². The van der Waals surface area contributed by atoms with Crippen LogP contribution in [0.5, 0.6) is 0 Å². The fourth-order valence-corrected chi connectivity index (χ4v) is 1.35. The van der Waals surface area contributed by atoms with Gasteiger partial charge in [-0.3, -0.25) is 4.90 Å². The zero-order valence-corrected chi connectivity index (χ0v) is 10.3. The maximum atomic E-state index is 5.35. The molecule has 0 aliphatic heterocycles. The van der Waals surface area contributed by atoms with E-state index in [9.17, 15) is 0 Å². The third-order valence-corrected chi connectivity index (χ3v) is 2.24. The van der Waals surface area contributed by atoms with Crippen LogP contribution in [0, 0.1) is 6.92 Å². The molecule has 0 saturated heterocycles. The third-order valence-electron chi connectivity index (χ3n) is 2.24. The first-order valence-electron chi connectivity index (χ1n) is 6.02. The van der Waals surface area contributed by atoms with E-state index in [2.05, 4.69) is 11.8 Å². The fraction of sp³-hybridized carbons (Fsp3) is 0.917. The summed E-state index contributed by atoms with van der Waals surface area (Å²) in [6.45, 7) is 14.3. The Morgan fingerprint density at radius 1 is 0.933 bits per heavy atom. The van der Waals surface area contributed by atoms with Crippen LogP contribution in [0.4, 0.5) is 0 Å². The lowest BCUT2D eigenvalue weighted by molar-refractivity contribution is 0.0824. The standard InChI is InChI=1S/C12H26NO2/c1-4-7-8-13(9-11-14-5-2)10-12-15-6-3/h1,4-12H2,2-3H3. The minimum absolute atomic E-state index is 0.800. The van der Waals surface area contributed by atoms with Gasteiger partial charge in [0.2, 0.25) is 0 Å². The van der Waals surface area contributed by atoms with E-state index in [1.807, 2.05) is 13.8 Å². The van der Waals surface area contributed by atoms with Crippen molar-refractivity contribution in [3.05, 3.63) is 6.92 Å². The molecule has 0 N–H and O–H groups in total. The fourth-order valence-electron chi connectivity index (χ4n) is 1.35. The van der Waals surface area contributed by atoms with Crippen molar-refractivity contribution < 1.29 is 9.47 Å². The van der Waals surface area contributed by atoms with Gasteiger partial charge in [-0.2, -0.15) is 0 Å². The van der Waals surface area contributed by atoms with Crippen molar-refractivity contribution >= 4 is 0 Å². The third kappa shape index (κ3) is 10.2. The number of ether oxygens (including phenoxy) is 2. The highest BCUT2D eigenvalue weighted by molar-refractivity contribution is 4.58. The molecule has 0 aromatic carbocycles. The second-order valence-corrected chi connectivity index (χ2v) is 3.44. The largest absolute Gasteiger partial charge is 0.380 e. The molecular formula is C12H26NO2. The zero-order chi connectivity index (χ0) is 11.4. The molecule has 0 bridgehead atoms. The van der Waals surface area contributed by atoms with Crippen molar-refractivity contribution in [2.75, 3.05) is 46.1 Å². The van der Waals surface area contributed by atoms with Crippen LogP contribution in [0.15, 0.2) is 0 Å². The van der Waals surface area contributed by atoms with Crippen LogP contribution < -0.4 is 0 Å². The molecule has 3 heteroatoms. The molecule has 0 spiro atoms. The summed E-state index contributed by atoms with van der Waals surface area (Å²) in [5, 5.41) is 0. The second-order valence-electron chi connectivity index (χ2n) is 3.44. The van der Waals surface area contributed by atoms with E-state index in [1.165, 1.54) is 0 Å². The van der Waals surface area contributed by atoms with E-state index in [-0.39, 0.29) is 0 Å². The summed E-state index contributed by atoms with van der Waals surface area (Å²) in [7, 11) is 0. The Bertz CT molecular complexity index is 110. The highest BCUT2D eigenvalue weighted by Crippen LogP contribution is 1.95. The summed E-state index contributed by atoms with van der Waals surface area (Å²) < 4.78 is 10.7. The Kier molecular flexibility index (Phi) is 11.9. The molecule has 0 aromatic heterocycles. The van der Waals surface area contributed by atoms with Crippen molar-refractivity contribution in [3.63, 3.8) is 0 Å². The van der Waals surface area contributed by atoms with Crippen LogP contribution >= 0.6 is 0 Å². The topological polar surface area (TPSA) is 21.7 Å². The lowest BCUT2D eigenvalue weighted by Crippen LogP contribution is -2.32. The number of unbranched alkanes of at least 4 members (excludes halogenated alkanes) is 1. The summed E-state index contributed by atoms with van der Waals surface area (Å²) in [5.74, 6) is 0. The van der Waals surface area contributed by atoms with Gasteiger partial charge in [-0.05, 0) is 26.8 Å². The van der Waals surface area contributed by atoms with E-state index < -0.39 is 0 Å². The molecule has 0 saturated carbocycles. The predicted molar refractivity (Wildman–Crippen MR) is 64.0 cm³/mol. The molecule has 1 radical (unpaired) electrons. The molecule has 0 aromatic rings. The molecule has 0 amide bonds.